The van der Waals surface area contributed by atoms with Crippen molar-refractivity contribution in [2.45, 2.75) is 32.2 Å². The van der Waals surface area contributed by atoms with E-state index >= 15 is 0 Å². The van der Waals surface area contributed by atoms with E-state index in [1.165, 1.54) is 0 Å². The summed E-state index contributed by atoms with van der Waals surface area (Å²) < 4.78 is 27.4. The van der Waals surface area contributed by atoms with E-state index in [1.807, 2.05) is 50.2 Å². The third kappa shape index (κ3) is 5.14. The van der Waals surface area contributed by atoms with Gasteiger partial charge < -0.3 is 4.90 Å². The summed E-state index contributed by atoms with van der Waals surface area (Å²) in [6, 6.07) is 14.9. The highest BCUT2D eigenvalue weighted by atomic mass is 32.2. The Labute approximate surface area is 149 Å². The lowest BCUT2D eigenvalue weighted by atomic mass is 10.2. The van der Waals surface area contributed by atoms with Gasteiger partial charge in [-0.1, -0.05) is 42.5 Å². The highest BCUT2D eigenvalue weighted by molar-refractivity contribution is 7.89. The zero-order valence-electron chi connectivity index (χ0n) is 14.8. The fraction of sp³-hybridized carbons (Fsp3) is 0.316. The predicted molar refractivity (Wildman–Crippen MR) is 98.6 cm³/mol. The van der Waals surface area contributed by atoms with Gasteiger partial charge in [0, 0.05) is 13.1 Å². The molecule has 0 heterocycles. The molecule has 2 aromatic rings. The molecule has 0 bridgehead atoms. The molecule has 134 valence electrons. The van der Waals surface area contributed by atoms with Gasteiger partial charge in [0.1, 0.15) is 0 Å². The van der Waals surface area contributed by atoms with Crippen LogP contribution >= 0.6 is 0 Å². The van der Waals surface area contributed by atoms with E-state index in [0.717, 1.165) is 11.1 Å². The molecule has 0 aliphatic rings. The molecule has 0 atom stereocenters. The lowest BCUT2D eigenvalue weighted by Crippen LogP contribution is -2.39. The molecule has 5 nitrogen and oxygen atoms in total. The Kier molecular flexibility index (Phi) is 6.33. The van der Waals surface area contributed by atoms with E-state index in [-0.39, 0.29) is 17.3 Å². The summed E-state index contributed by atoms with van der Waals surface area (Å²) in [5.74, 6) is -0.250. The monoisotopic (exact) mass is 360 g/mol. The van der Waals surface area contributed by atoms with Gasteiger partial charge in [-0.25, -0.2) is 13.1 Å². The summed E-state index contributed by atoms with van der Waals surface area (Å²) in [6.45, 7) is 6.17. The van der Waals surface area contributed by atoms with Crippen molar-refractivity contribution in [2.24, 2.45) is 0 Å². The van der Waals surface area contributed by atoms with E-state index in [2.05, 4.69) is 4.72 Å². The number of benzene rings is 2. The number of nitrogens with zero attached hydrogens (tertiary/aromatic N) is 1. The first kappa shape index (κ1) is 19.1. The molecule has 6 heteroatoms. The molecule has 25 heavy (non-hydrogen) atoms. The SMILES string of the molecule is CCN(Cc1ccccc1)C(=O)CNS(=O)(=O)c1cc(C)ccc1C. The van der Waals surface area contributed by atoms with Crippen LogP contribution in [-0.4, -0.2) is 32.3 Å². The molecule has 1 N–H and O–H groups in total. The van der Waals surface area contributed by atoms with Gasteiger partial charge in [-0.3, -0.25) is 4.79 Å². The third-order valence-electron chi connectivity index (χ3n) is 4.00. The highest BCUT2D eigenvalue weighted by Crippen LogP contribution is 2.16. The lowest BCUT2D eigenvalue weighted by molar-refractivity contribution is -0.130. The molecule has 0 saturated carbocycles. The zero-order chi connectivity index (χ0) is 18.4. The van der Waals surface area contributed by atoms with Crippen LogP contribution in [0.1, 0.15) is 23.6 Å². The third-order valence-corrected chi connectivity index (χ3v) is 5.54. The van der Waals surface area contributed by atoms with Crippen molar-refractivity contribution in [3.05, 3.63) is 65.2 Å². The second kappa shape index (κ2) is 8.27. The standard InChI is InChI=1S/C19H24N2O3S/c1-4-21(14-17-8-6-5-7-9-17)19(22)13-20-25(23,24)18-12-15(2)10-11-16(18)3/h5-12,20H,4,13-14H2,1-3H3. The first-order chi connectivity index (χ1) is 11.8. The largest absolute Gasteiger partial charge is 0.338 e. The zero-order valence-corrected chi connectivity index (χ0v) is 15.6. The minimum atomic E-state index is -3.72. The van der Waals surface area contributed by atoms with Crippen molar-refractivity contribution >= 4 is 15.9 Å². The van der Waals surface area contributed by atoms with E-state index < -0.39 is 10.0 Å². The molecule has 0 aromatic heterocycles. The molecule has 2 aromatic carbocycles. The quantitative estimate of drug-likeness (QED) is 0.825. The van der Waals surface area contributed by atoms with Gasteiger partial charge in [-0.15, -0.1) is 0 Å². The smallest absolute Gasteiger partial charge is 0.241 e. The van der Waals surface area contributed by atoms with Crippen LogP contribution in [0.25, 0.3) is 0 Å². The number of aryl methyl sites for hydroxylation is 2. The fourth-order valence-electron chi connectivity index (χ4n) is 2.52. The Bertz CT molecular complexity index is 833. The Hall–Kier alpha value is -2.18. The van der Waals surface area contributed by atoms with E-state index in [4.69, 9.17) is 0 Å². The summed E-state index contributed by atoms with van der Waals surface area (Å²) >= 11 is 0. The average molecular weight is 360 g/mol. The van der Waals surface area contributed by atoms with Gasteiger partial charge in [0.25, 0.3) is 0 Å². The highest BCUT2D eigenvalue weighted by Gasteiger charge is 2.20. The van der Waals surface area contributed by atoms with E-state index in [0.29, 0.717) is 18.7 Å². The maximum Gasteiger partial charge on any atom is 0.241 e. The molecule has 0 fully saturated rings. The first-order valence-corrected chi connectivity index (χ1v) is 9.70. The number of hydrogen-bond acceptors (Lipinski definition) is 3. The first-order valence-electron chi connectivity index (χ1n) is 8.22. The van der Waals surface area contributed by atoms with Gasteiger partial charge in [0.15, 0.2) is 0 Å². The number of rotatable bonds is 7. The van der Waals surface area contributed by atoms with Crippen molar-refractivity contribution in [1.29, 1.82) is 0 Å². The second-order valence-electron chi connectivity index (χ2n) is 5.99. The Morgan fingerprint density at radius 2 is 1.76 bits per heavy atom. The number of nitrogens with one attached hydrogen (secondary N) is 1. The molecule has 0 aliphatic heterocycles. The van der Waals surface area contributed by atoms with E-state index in [1.54, 1.807) is 24.0 Å². The van der Waals surface area contributed by atoms with Crippen LogP contribution in [0, 0.1) is 13.8 Å². The summed E-state index contributed by atoms with van der Waals surface area (Å²) in [7, 11) is -3.72. The molecular formula is C19H24N2O3S. The molecule has 2 rings (SSSR count). The van der Waals surface area contributed by atoms with Crippen molar-refractivity contribution in [2.75, 3.05) is 13.1 Å². The Balaban J connectivity index is 2.05. The van der Waals surface area contributed by atoms with Gasteiger partial charge in [0.2, 0.25) is 15.9 Å². The number of carbonyl (C=O) groups is 1. The van der Waals surface area contributed by atoms with Crippen LogP contribution in [0.5, 0.6) is 0 Å². The summed E-state index contributed by atoms with van der Waals surface area (Å²) in [5.41, 5.74) is 2.52. The van der Waals surface area contributed by atoms with Crippen molar-refractivity contribution in [3.63, 3.8) is 0 Å². The summed E-state index contributed by atoms with van der Waals surface area (Å²) in [6.07, 6.45) is 0. The normalized spacial score (nSPS) is 11.3. The summed E-state index contributed by atoms with van der Waals surface area (Å²) in [5, 5.41) is 0. The van der Waals surface area contributed by atoms with Gasteiger partial charge >= 0.3 is 0 Å². The van der Waals surface area contributed by atoms with Gasteiger partial charge in [-0.05, 0) is 43.5 Å². The fourth-order valence-corrected chi connectivity index (χ4v) is 3.83. The van der Waals surface area contributed by atoms with E-state index in [9.17, 15) is 13.2 Å². The van der Waals surface area contributed by atoms with Crippen LogP contribution in [0.2, 0.25) is 0 Å². The van der Waals surface area contributed by atoms with Crippen molar-refractivity contribution in [3.8, 4) is 0 Å². The molecule has 0 spiro atoms. The van der Waals surface area contributed by atoms with Crippen LogP contribution in [0.3, 0.4) is 0 Å². The number of hydrogen-bond donors (Lipinski definition) is 1. The van der Waals surface area contributed by atoms with Gasteiger partial charge in [-0.2, -0.15) is 0 Å². The van der Waals surface area contributed by atoms with Crippen molar-refractivity contribution in [1.82, 2.24) is 9.62 Å². The topological polar surface area (TPSA) is 66.5 Å². The molecule has 0 aliphatic carbocycles. The Morgan fingerprint density at radius 1 is 1.08 bits per heavy atom. The Morgan fingerprint density at radius 3 is 2.40 bits per heavy atom. The predicted octanol–water partition coefficient (Wildman–Crippen LogP) is 2.63. The average Bonchev–Trinajstić information content (AvgIpc) is 2.60. The lowest BCUT2D eigenvalue weighted by Gasteiger charge is -2.21. The maximum atomic E-state index is 12.5. The summed E-state index contributed by atoms with van der Waals surface area (Å²) in [4.78, 5) is 14.2. The van der Waals surface area contributed by atoms with Crippen molar-refractivity contribution < 1.29 is 13.2 Å². The maximum absolute atomic E-state index is 12.5. The van der Waals surface area contributed by atoms with Crippen LogP contribution in [-0.2, 0) is 21.4 Å². The van der Waals surface area contributed by atoms with Crippen LogP contribution in [0.15, 0.2) is 53.4 Å². The molecular weight excluding hydrogens is 336 g/mol. The minimum Gasteiger partial charge on any atom is -0.338 e. The molecule has 0 radical (unpaired) electrons. The molecule has 0 unspecified atom stereocenters. The molecule has 0 saturated heterocycles. The number of carbonyl (C=O) groups excluding carboxylic acids is 1. The van der Waals surface area contributed by atoms with Crippen LogP contribution in [0.4, 0.5) is 0 Å². The number of sulfonamides is 1. The molecule has 1 amide bonds. The van der Waals surface area contributed by atoms with Crippen LogP contribution < -0.4 is 4.72 Å². The minimum absolute atomic E-state index is 0.214. The number of amides is 1. The van der Waals surface area contributed by atoms with Gasteiger partial charge in [0.05, 0.1) is 11.4 Å². The number of likely N-dealkylation sites (N-methyl/N-ethyl adjacent to an activating group) is 1. The second-order valence-corrected chi connectivity index (χ2v) is 7.72.